The van der Waals surface area contributed by atoms with Crippen LogP contribution in [-0.4, -0.2) is 5.78 Å². The van der Waals surface area contributed by atoms with E-state index in [0.29, 0.717) is 12.3 Å². The lowest BCUT2D eigenvalue weighted by atomic mass is 10.0. The Kier molecular flexibility index (Phi) is 3.94. The normalized spacial score (nSPS) is 10.1. The van der Waals surface area contributed by atoms with Gasteiger partial charge in [0.2, 0.25) is 0 Å². The van der Waals surface area contributed by atoms with Crippen LogP contribution in [0.1, 0.15) is 18.1 Å². The van der Waals surface area contributed by atoms with Gasteiger partial charge in [-0.25, -0.2) is 0 Å². The lowest BCUT2D eigenvalue weighted by Gasteiger charge is -2.06. The minimum Gasteiger partial charge on any atom is -0.300 e. The first-order valence-electron chi connectivity index (χ1n) is 3.97. The van der Waals surface area contributed by atoms with Gasteiger partial charge in [0, 0.05) is 16.8 Å². The topological polar surface area (TPSA) is 17.1 Å². The molecule has 0 unspecified atom stereocenters. The van der Waals surface area contributed by atoms with Crippen LogP contribution in [0.3, 0.4) is 0 Å². The molecule has 0 spiro atoms. The number of carbonyl (C=O) groups excluding carboxylic acids is 1. The molecule has 0 amide bonds. The number of rotatable bonds is 3. The first-order valence-corrected chi connectivity index (χ1v) is 5.29. The van der Waals surface area contributed by atoms with Crippen molar-refractivity contribution in [3.8, 4) is 0 Å². The van der Waals surface area contributed by atoms with E-state index in [2.05, 4.69) is 15.9 Å². The van der Waals surface area contributed by atoms with Crippen LogP contribution in [0.4, 0.5) is 0 Å². The Morgan fingerprint density at radius 3 is 2.77 bits per heavy atom. The van der Waals surface area contributed by atoms with Crippen molar-refractivity contribution in [3.63, 3.8) is 0 Å². The number of carbonyl (C=O) groups is 1. The highest BCUT2D eigenvalue weighted by Gasteiger charge is 2.06. The number of hydrogen-bond donors (Lipinski definition) is 0. The summed E-state index contributed by atoms with van der Waals surface area (Å²) in [4.78, 5) is 10.9. The number of Topliss-reactive ketones (excluding diaryl/α,β-unsaturated/α-hetero) is 1. The van der Waals surface area contributed by atoms with E-state index in [0.717, 1.165) is 15.6 Å². The summed E-state index contributed by atoms with van der Waals surface area (Å²) in [5, 5.41) is 0. The van der Waals surface area contributed by atoms with Crippen molar-refractivity contribution in [1.82, 2.24) is 0 Å². The molecular formula is C10H10BrClO. The van der Waals surface area contributed by atoms with Gasteiger partial charge >= 0.3 is 0 Å². The number of benzene rings is 1. The molecule has 3 heteroatoms. The van der Waals surface area contributed by atoms with Gasteiger partial charge < -0.3 is 0 Å². The quantitative estimate of drug-likeness (QED) is 0.763. The van der Waals surface area contributed by atoms with E-state index in [9.17, 15) is 4.79 Å². The van der Waals surface area contributed by atoms with Gasteiger partial charge in [-0.15, -0.1) is 11.6 Å². The zero-order valence-corrected chi connectivity index (χ0v) is 9.65. The molecule has 0 aromatic heterocycles. The maximum absolute atomic E-state index is 10.9. The molecule has 0 aliphatic carbocycles. The van der Waals surface area contributed by atoms with Crippen LogP contribution >= 0.6 is 27.5 Å². The van der Waals surface area contributed by atoms with E-state index >= 15 is 0 Å². The molecule has 70 valence electrons. The molecule has 1 nitrogen and oxygen atoms in total. The second-order valence-corrected chi connectivity index (χ2v) is 4.01. The van der Waals surface area contributed by atoms with Gasteiger partial charge in [-0.3, -0.25) is 4.79 Å². The number of ketones is 1. The lowest BCUT2D eigenvalue weighted by Crippen LogP contribution is -2.00. The summed E-state index contributed by atoms with van der Waals surface area (Å²) in [6.45, 7) is 1.58. The Morgan fingerprint density at radius 1 is 1.54 bits per heavy atom. The van der Waals surface area contributed by atoms with Crippen molar-refractivity contribution in [3.05, 3.63) is 33.8 Å². The molecule has 0 heterocycles. The Hall–Kier alpha value is -0.340. The Labute approximate surface area is 91.2 Å². The fraction of sp³-hybridized carbons (Fsp3) is 0.300. The summed E-state index contributed by atoms with van der Waals surface area (Å²) in [5.74, 6) is 0.591. The summed E-state index contributed by atoms with van der Waals surface area (Å²) in [6, 6.07) is 5.78. The Balaban J connectivity index is 3.05. The molecule has 1 aromatic carbocycles. The first kappa shape index (κ1) is 10.7. The smallest absolute Gasteiger partial charge is 0.134 e. The largest absolute Gasteiger partial charge is 0.300 e. The van der Waals surface area contributed by atoms with E-state index in [1.54, 1.807) is 6.92 Å². The third-order valence-electron chi connectivity index (χ3n) is 1.79. The average molecular weight is 262 g/mol. The van der Waals surface area contributed by atoms with Crippen LogP contribution in [0.5, 0.6) is 0 Å². The minimum atomic E-state index is 0.157. The predicted molar refractivity (Wildman–Crippen MR) is 58.1 cm³/mol. The van der Waals surface area contributed by atoms with Crippen LogP contribution in [-0.2, 0) is 17.1 Å². The number of halogens is 2. The molecule has 1 aromatic rings. The van der Waals surface area contributed by atoms with Gasteiger partial charge in [0.05, 0.1) is 0 Å². The second-order valence-electron chi connectivity index (χ2n) is 2.89. The molecule has 0 bridgehead atoms. The minimum absolute atomic E-state index is 0.157. The van der Waals surface area contributed by atoms with Crippen LogP contribution in [0.25, 0.3) is 0 Å². The average Bonchev–Trinajstić information content (AvgIpc) is 2.03. The predicted octanol–water partition coefficient (Wildman–Crippen LogP) is 3.32. The van der Waals surface area contributed by atoms with Crippen LogP contribution in [0, 0.1) is 0 Å². The third kappa shape index (κ3) is 2.82. The Morgan fingerprint density at radius 2 is 2.23 bits per heavy atom. The third-order valence-corrected chi connectivity index (χ3v) is 2.80. The molecule has 0 aliphatic heterocycles. The molecule has 0 N–H and O–H groups in total. The monoisotopic (exact) mass is 260 g/mol. The van der Waals surface area contributed by atoms with E-state index in [1.807, 2.05) is 18.2 Å². The molecule has 0 radical (unpaired) electrons. The van der Waals surface area contributed by atoms with Crippen LogP contribution in [0.2, 0.25) is 0 Å². The molecule has 0 aliphatic rings. The number of hydrogen-bond acceptors (Lipinski definition) is 1. The summed E-state index contributed by atoms with van der Waals surface area (Å²) in [7, 11) is 0. The van der Waals surface area contributed by atoms with Gasteiger partial charge in [0.15, 0.2) is 0 Å². The fourth-order valence-electron chi connectivity index (χ4n) is 1.19. The molecule has 1 rings (SSSR count). The summed E-state index contributed by atoms with van der Waals surface area (Å²) < 4.78 is 0.973. The first-order chi connectivity index (χ1) is 6.15. The van der Waals surface area contributed by atoms with Crippen molar-refractivity contribution in [2.24, 2.45) is 0 Å². The SMILES string of the molecule is CC(=O)Cc1cccc(Br)c1CCl. The van der Waals surface area contributed by atoms with Crippen molar-refractivity contribution >= 4 is 33.3 Å². The van der Waals surface area contributed by atoms with Crippen LogP contribution in [0.15, 0.2) is 22.7 Å². The van der Waals surface area contributed by atoms with Gasteiger partial charge in [0.25, 0.3) is 0 Å². The van der Waals surface area contributed by atoms with Crippen molar-refractivity contribution < 1.29 is 4.79 Å². The zero-order chi connectivity index (χ0) is 9.84. The van der Waals surface area contributed by atoms with Crippen LogP contribution < -0.4 is 0 Å². The molecule has 0 fully saturated rings. The zero-order valence-electron chi connectivity index (χ0n) is 7.31. The summed E-state index contributed by atoms with van der Waals surface area (Å²) >= 11 is 9.18. The second kappa shape index (κ2) is 4.77. The maximum Gasteiger partial charge on any atom is 0.134 e. The van der Waals surface area contributed by atoms with E-state index in [4.69, 9.17) is 11.6 Å². The molecule has 0 saturated heterocycles. The highest BCUT2D eigenvalue weighted by atomic mass is 79.9. The highest BCUT2D eigenvalue weighted by Crippen LogP contribution is 2.22. The van der Waals surface area contributed by atoms with Crippen molar-refractivity contribution in [2.75, 3.05) is 0 Å². The standard InChI is InChI=1S/C10H10BrClO/c1-7(13)5-8-3-2-4-10(11)9(8)6-12/h2-4H,5-6H2,1H3. The van der Waals surface area contributed by atoms with E-state index in [1.165, 1.54) is 0 Å². The van der Waals surface area contributed by atoms with E-state index < -0.39 is 0 Å². The molecular weight excluding hydrogens is 251 g/mol. The van der Waals surface area contributed by atoms with E-state index in [-0.39, 0.29) is 5.78 Å². The van der Waals surface area contributed by atoms with Gasteiger partial charge in [0.1, 0.15) is 5.78 Å². The van der Waals surface area contributed by atoms with Gasteiger partial charge in [-0.1, -0.05) is 28.1 Å². The lowest BCUT2D eigenvalue weighted by molar-refractivity contribution is -0.116. The Bertz CT molecular complexity index is 323. The van der Waals surface area contributed by atoms with Crippen molar-refractivity contribution in [2.45, 2.75) is 19.2 Å². The number of alkyl halides is 1. The van der Waals surface area contributed by atoms with Crippen molar-refractivity contribution in [1.29, 1.82) is 0 Å². The molecule has 0 saturated carbocycles. The maximum atomic E-state index is 10.9. The molecule has 0 atom stereocenters. The highest BCUT2D eigenvalue weighted by molar-refractivity contribution is 9.10. The fourth-order valence-corrected chi connectivity index (χ4v) is 2.21. The summed E-state index contributed by atoms with van der Waals surface area (Å²) in [5.41, 5.74) is 2.02. The van der Waals surface area contributed by atoms with Gasteiger partial charge in [-0.05, 0) is 24.1 Å². The summed E-state index contributed by atoms with van der Waals surface area (Å²) in [6.07, 6.45) is 0.460. The molecule has 13 heavy (non-hydrogen) atoms. The van der Waals surface area contributed by atoms with Gasteiger partial charge in [-0.2, -0.15) is 0 Å².